The van der Waals surface area contributed by atoms with Crippen molar-refractivity contribution in [2.24, 2.45) is 5.92 Å². The van der Waals surface area contributed by atoms with Crippen LogP contribution < -0.4 is 0 Å². The van der Waals surface area contributed by atoms with Crippen LogP contribution in [0.15, 0.2) is 11.8 Å². The summed E-state index contributed by atoms with van der Waals surface area (Å²) in [7, 11) is 1.91. The van der Waals surface area contributed by atoms with E-state index in [0.29, 0.717) is 32.6 Å². The first kappa shape index (κ1) is 24.0. The van der Waals surface area contributed by atoms with E-state index in [-0.39, 0.29) is 34.7 Å². The number of carbonyl (C=O) groups excluding carboxylic acids is 2. The quantitative estimate of drug-likeness (QED) is 0.273. The summed E-state index contributed by atoms with van der Waals surface area (Å²) in [5, 5.41) is 27.6. The predicted molar refractivity (Wildman–Crippen MR) is 124 cm³/mol. The van der Waals surface area contributed by atoms with Gasteiger partial charge in [0.2, 0.25) is 11.8 Å². The van der Waals surface area contributed by atoms with Crippen molar-refractivity contribution in [1.29, 1.82) is 5.41 Å². The zero-order valence-corrected chi connectivity index (χ0v) is 20.1. The Morgan fingerprint density at radius 2 is 2.03 bits per heavy atom. The van der Waals surface area contributed by atoms with Crippen LogP contribution in [0.1, 0.15) is 26.7 Å². The number of hydrogen-bond acceptors (Lipinski definition) is 7. The average molecular weight is 480 g/mol. The molecule has 0 spiro atoms. The van der Waals surface area contributed by atoms with Gasteiger partial charge in [-0.05, 0) is 38.8 Å². The summed E-state index contributed by atoms with van der Waals surface area (Å²) in [6.07, 6.45) is 3.37. The lowest BCUT2D eigenvalue weighted by atomic mass is 9.78. The molecule has 0 saturated carbocycles. The van der Waals surface area contributed by atoms with Crippen molar-refractivity contribution in [3.05, 3.63) is 11.8 Å². The third-order valence-corrected chi connectivity index (χ3v) is 9.29. The van der Waals surface area contributed by atoms with Crippen LogP contribution in [0, 0.1) is 11.3 Å². The second-order valence-corrected chi connectivity index (χ2v) is 11.2. The second-order valence-electron chi connectivity index (χ2n) is 9.58. The van der Waals surface area contributed by atoms with Crippen LogP contribution in [0.3, 0.4) is 0 Å². The average Bonchev–Trinajstić information content (AvgIpc) is 3.17. The van der Waals surface area contributed by atoms with Crippen molar-refractivity contribution in [3.63, 3.8) is 0 Å². The van der Waals surface area contributed by atoms with E-state index < -0.39 is 22.9 Å². The number of β-lactam (4-membered cyclic amide) rings is 1. The van der Waals surface area contributed by atoms with Gasteiger partial charge in [-0.15, -0.1) is 11.8 Å². The summed E-state index contributed by atoms with van der Waals surface area (Å²) >= 11 is 1.41. The number of likely N-dealkylation sites (tertiary alicyclic amines) is 1. The molecule has 0 aromatic carbocycles. The lowest BCUT2D eigenvalue weighted by Crippen LogP contribution is -2.76. The van der Waals surface area contributed by atoms with Gasteiger partial charge in [-0.2, -0.15) is 0 Å². The molecule has 3 fully saturated rings. The van der Waals surface area contributed by atoms with Gasteiger partial charge in [0.15, 0.2) is 0 Å². The van der Waals surface area contributed by atoms with Crippen molar-refractivity contribution in [1.82, 2.24) is 19.6 Å². The molecule has 3 saturated heterocycles. The van der Waals surface area contributed by atoms with Crippen molar-refractivity contribution < 1.29 is 24.6 Å². The number of carbonyl (C=O) groups is 3. The molecular formula is C22H33N5O5S. The summed E-state index contributed by atoms with van der Waals surface area (Å²) < 4.78 is -1.11. The third kappa shape index (κ3) is 3.83. The number of aliphatic hydroxyl groups excluding tert-OH is 1. The third-order valence-electron chi connectivity index (χ3n) is 7.47. The van der Waals surface area contributed by atoms with Crippen molar-refractivity contribution >= 4 is 35.9 Å². The first-order valence-electron chi connectivity index (χ1n) is 11.5. The SMILES string of the molecule is CC1C=C(C(=O)O)N2C(=O)C(SC3CC(C(=O)N4CCCN(C=N)CC4)N(C)C3)(C(C)O)[C@H]12. The van der Waals surface area contributed by atoms with E-state index in [4.69, 9.17) is 5.41 Å². The summed E-state index contributed by atoms with van der Waals surface area (Å²) in [4.78, 5) is 45.2. The number of nitrogens with one attached hydrogen (secondary N) is 1. The largest absolute Gasteiger partial charge is 0.477 e. The highest BCUT2D eigenvalue weighted by Crippen LogP contribution is 2.55. The maximum absolute atomic E-state index is 13.3. The minimum atomic E-state index is -1.13. The van der Waals surface area contributed by atoms with E-state index in [0.717, 1.165) is 13.0 Å². The monoisotopic (exact) mass is 479 g/mol. The summed E-state index contributed by atoms with van der Waals surface area (Å²) in [6, 6.07) is -0.695. The van der Waals surface area contributed by atoms with Crippen LogP contribution in [0.25, 0.3) is 0 Å². The molecule has 182 valence electrons. The van der Waals surface area contributed by atoms with Crippen LogP contribution in [0.5, 0.6) is 0 Å². The Bertz CT molecular complexity index is 881. The maximum atomic E-state index is 13.3. The normalized spacial score (nSPS) is 35.6. The zero-order chi connectivity index (χ0) is 24.1. The number of carboxylic acids is 1. The van der Waals surface area contributed by atoms with Gasteiger partial charge in [0.1, 0.15) is 10.4 Å². The summed E-state index contributed by atoms with van der Waals surface area (Å²) in [5.74, 6) is -1.60. The molecule has 0 aromatic heterocycles. The molecule has 4 aliphatic rings. The Kier molecular flexibility index (Phi) is 6.49. The van der Waals surface area contributed by atoms with E-state index in [1.807, 2.05) is 28.7 Å². The fourth-order valence-electron chi connectivity index (χ4n) is 5.79. The Labute approximate surface area is 198 Å². The van der Waals surface area contributed by atoms with Gasteiger partial charge >= 0.3 is 5.97 Å². The molecule has 0 aromatic rings. The molecule has 6 atom stereocenters. The smallest absolute Gasteiger partial charge is 0.352 e. The van der Waals surface area contributed by atoms with Gasteiger partial charge in [0, 0.05) is 38.0 Å². The number of aliphatic hydroxyl groups is 1. The molecule has 11 heteroatoms. The topological polar surface area (TPSA) is 128 Å². The molecule has 0 radical (unpaired) electrons. The number of likely N-dealkylation sites (N-methyl/N-ethyl adjacent to an activating group) is 1. The highest BCUT2D eigenvalue weighted by molar-refractivity contribution is 8.02. The van der Waals surface area contributed by atoms with Gasteiger partial charge in [0.05, 0.1) is 24.5 Å². The molecule has 0 bridgehead atoms. The highest BCUT2D eigenvalue weighted by atomic mass is 32.2. The van der Waals surface area contributed by atoms with Crippen LogP contribution in [-0.2, 0) is 14.4 Å². The fraction of sp³-hybridized carbons (Fsp3) is 0.727. The van der Waals surface area contributed by atoms with E-state index in [9.17, 15) is 24.6 Å². The Morgan fingerprint density at radius 1 is 1.30 bits per heavy atom. The van der Waals surface area contributed by atoms with Gasteiger partial charge in [0.25, 0.3) is 0 Å². The van der Waals surface area contributed by atoms with Gasteiger partial charge < -0.3 is 20.0 Å². The van der Waals surface area contributed by atoms with E-state index in [2.05, 4.69) is 0 Å². The minimum absolute atomic E-state index is 0.00824. The summed E-state index contributed by atoms with van der Waals surface area (Å²) in [6.45, 7) is 6.77. The van der Waals surface area contributed by atoms with Crippen molar-refractivity contribution in [2.75, 3.05) is 39.8 Å². The van der Waals surface area contributed by atoms with Crippen LogP contribution in [0.4, 0.5) is 0 Å². The number of hydrogen-bond donors (Lipinski definition) is 3. The Morgan fingerprint density at radius 3 is 2.67 bits per heavy atom. The number of thioether (sulfide) groups is 1. The molecule has 3 N–H and O–H groups in total. The first-order chi connectivity index (χ1) is 15.6. The van der Waals surface area contributed by atoms with Gasteiger partial charge in [-0.1, -0.05) is 6.92 Å². The zero-order valence-electron chi connectivity index (χ0n) is 19.3. The Hall–Kier alpha value is -2.11. The molecule has 2 amide bonds. The predicted octanol–water partition coefficient (Wildman–Crippen LogP) is -0.118. The molecule has 4 rings (SSSR count). The highest BCUT2D eigenvalue weighted by Gasteiger charge is 2.69. The molecule has 33 heavy (non-hydrogen) atoms. The van der Waals surface area contributed by atoms with Gasteiger partial charge in [-0.25, -0.2) is 4.79 Å². The van der Waals surface area contributed by atoms with Gasteiger partial charge in [-0.3, -0.25) is 24.8 Å². The number of rotatable bonds is 6. The van der Waals surface area contributed by atoms with Crippen LogP contribution in [0.2, 0.25) is 0 Å². The molecule has 5 unspecified atom stereocenters. The fourth-order valence-corrected chi connectivity index (χ4v) is 7.79. The van der Waals surface area contributed by atoms with E-state index in [1.165, 1.54) is 23.0 Å². The lowest BCUT2D eigenvalue weighted by molar-refractivity contribution is -0.158. The number of fused-ring (bicyclic) bond motifs is 1. The Balaban J connectivity index is 1.46. The van der Waals surface area contributed by atoms with Crippen LogP contribution >= 0.6 is 11.8 Å². The maximum Gasteiger partial charge on any atom is 0.352 e. The van der Waals surface area contributed by atoms with Crippen molar-refractivity contribution in [2.45, 2.75) is 54.9 Å². The molecular weight excluding hydrogens is 446 g/mol. The summed E-state index contributed by atoms with van der Waals surface area (Å²) in [5.41, 5.74) is -0.00824. The molecule has 0 aliphatic carbocycles. The molecule has 10 nitrogen and oxygen atoms in total. The van der Waals surface area contributed by atoms with Crippen molar-refractivity contribution in [3.8, 4) is 0 Å². The number of amides is 2. The number of carboxylic acid groups (broad SMARTS) is 1. The molecule has 4 heterocycles. The lowest BCUT2D eigenvalue weighted by Gasteiger charge is -2.56. The van der Waals surface area contributed by atoms with E-state index >= 15 is 0 Å². The van der Waals surface area contributed by atoms with Crippen LogP contribution in [-0.4, -0.2) is 122 Å². The number of aliphatic carboxylic acids is 1. The minimum Gasteiger partial charge on any atom is -0.477 e. The van der Waals surface area contributed by atoms with E-state index in [1.54, 1.807) is 13.0 Å². The first-order valence-corrected chi connectivity index (χ1v) is 12.4. The standard InChI is InChI=1S/C22H33N5O5S/c1-13-9-17(20(30)31)27-18(13)22(14(2)28,21(27)32)33-15-10-16(24(3)11-15)19(29)26-6-4-5-25(12-23)7-8-26/h9,12-16,18,23,28H,4-8,10-11H2,1-3H3,(H,30,31)/t13?,14?,15?,16?,18-,22?/m0/s1. The second kappa shape index (κ2) is 8.92. The molecule has 4 aliphatic heterocycles. The number of nitrogens with zero attached hydrogens (tertiary/aromatic N) is 4.